The molecule has 1 N–H and O–H groups in total. The van der Waals surface area contributed by atoms with E-state index >= 15 is 0 Å². The Bertz CT molecular complexity index is 245. The van der Waals surface area contributed by atoms with Gasteiger partial charge in [-0.15, -0.1) is 0 Å². The van der Waals surface area contributed by atoms with E-state index in [9.17, 15) is 5.11 Å². The van der Waals surface area contributed by atoms with Crippen molar-refractivity contribution in [1.82, 2.24) is 0 Å². The summed E-state index contributed by atoms with van der Waals surface area (Å²) < 4.78 is 5.76. The number of aliphatic hydroxyl groups is 1. The largest absolute Gasteiger partial charge is 0.387 e. The zero-order valence-electron chi connectivity index (χ0n) is 12.2. The molecule has 2 saturated carbocycles. The first-order chi connectivity index (χ1) is 8.62. The van der Waals surface area contributed by atoms with Crippen LogP contribution in [-0.4, -0.2) is 23.4 Å². The van der Waals surface area contributed by atoms with Crippen molar-refractivity contribution in [3.8, 4) is 0 Å². The second kappa shape index (κ2) is 6.38. The summed E-state index contributed by atoms with van der Waals surface area (Å²) in [7, 11) is 0. The van der Waals surface area contributed by atoms with Crippen molar-refractivity contribution >= 4 is 0 Å². The normalized spacial score (nSPS) is 35.0. The van der Waals surface area contributed by atoms with Gasteiger partial charge in [0.2, 0.25) is 0 Å². The molecule has 2 unspecified atom stereocenters. The molecule has 0 amide bonds. The molecular formula is C16H30O2. The first-order valence-electron chi connectivity index (χ1n) is 7.96. The molecule has 0 saturated heterocycles. The lowest BCUT2D eigenvalue weighted by molar-refractivity contribution is -0.134. The Morgan fingerprint density at radius 1 is 1.06 bits per heavy atom. The maximum atomic E-state index is 11.0. The van der Waals surface area contributed by atoms with Crippen LogP contribution in [0.2, 0.25) is 0 Å². The van der Waals surface area contributed by atoms with Crippen LogP contribution in [0.5, 0.6) is 0 Å². The molecule has 0 heterocycles. The standard InChI is InChI=1S/C16H30O2/c1-13(2)18-12-16(17)11-7-6-10-15(16)14-8-4-3-5-9-14/h13-15,17H,3-12H2,1-2H3. The Kier molecular flexibility index (Phi) is 5.08. The monoisotopic (exact) mass is 254 g/mol. The fourth-order valence-corrected chi connectivity index (χ4v) is 3.95. The van der Waals surface area contributed by atoms with Gasteiger partial charge in [0.15, 0.2) is 0 Å². The smallest absolute Gasteiger partial charge is 0.0910 e. The highest BCUT2D eigenvalue weighted by atomic mass is 16.5. The Morgan fingerprint density at radius 3 is 2.39 bits per heavy atom. The van der Waals surface area contributed by atoms with Gasteiger partial charge in [0.25, 0.3) is 0 Å². The summed E-state index contributed by atoms with van der Waals surface area (Å²) in [5.74, 6) is 1.24. The summed E-state index contributed by atoms with van der Waals surface area (Å²) >= 11 is 0. The van der Waals surface area contributed by atoms with Gasteiger partial charge in [-0.2, -0.15) is 0 Å². The summed E-state index contributed by atoms with van der Waals surface area (Å²) in [6.45, 7) is 4.66. The van der Waals surface area contributed by atoms with Gasteiger partial charge in [-0.05, 0) is 38.5 Å². The quantitative estimate of drug-likeness (QED) is 0.824. The molecule has 2 aliphatic carbocycles. The van der Waals surface area contributed by atoms with Crippen molar-refractivity contribution in [3.63, 3.8) is 0 Å². The Labute approximate surface area is 112 Å². The zero-order valence-corrected chi connectivity index (χ0v) is 12.2. The first kappa shape index (κ1) is 14.3. The molecule has 2 atom stereocenters. The lowest BCUT2D eigenvalue weighted by Gasteiger charge is -2.45. The van der Waals surface area contributed by atoms with Crippen LogP contribution < -0.4 is 0 Å². The number of hydrogen-bond acceptors (Lipinski definition) is 2. The SMILES string of the molecule is CC(C)OCC1(O)CCCCC1C1CCCCC1. The average Bonchev–Trinajstić information content (AvgIpc) is 2.38. The predicted molar refractivity (Wildman–Crippen MR) is 74.6 cm³/mol. The van der Waals surface area contributed by atoms with Crippen molar-refractivity contribution < 1.29 is 9.84 Å². The van der Waals surface area contributed by atoms with Gasteiger partial charge >= 0.3 is 0 Å². The predicted octanol–water partition coefficient (Wildman–Crippen LogP) is 3.91. The van der Waals surface area contributed by atoms with Crippen LogP contribution >= 0.6 is 0 Å². The summed E-state index contributed by atoms with van der Waals surface area (Å²) in [6.07, 6.45) is 11.6. The minimum absolute atomic E-state index is 0.225. The van der Waals surface area contributed by atoms with E-state index in [4.69, 9.17) is 4.74 Å². The molecule has 18 heavy (non-hydrogen) atoms. The van der Waals surface area contributed by atoms with Gasteiger partial charge in [-0.1, -0.05) is 44.9 Å². The maximum absolute atomic E-state index is 11.0. The van der Waals surface area contributed by atoms with Crippen molar-refractivity contribution in [2.45, 2.75) is 83.3 Å². The molecule has 2 heteroatoms. The van der Waals surface area contributed by atoms with Gasteiger partial charge in [-0.25, -0.2) is 0 Å². The Hall–Kier alpha value is -0.0800. The van der Waals surface area contributed by atoms with Crippen molar-refractivity contribution in [3.05, 3.63) is 0 Å². The van der Waals surface area contributed by atoms with Crippen LogP contribution in [-0.2, 0) is 4.74 Å². The third-order valence-corrected chi connectivity index (χ3v) is 4.95. The second-order valence-corrected chi connectivity index (χ2v) is 6.71. The minimum Gasteiger partial charge on any atom is -0.387 e. The van der Waals surface area contributed by atoms with Crippen molar-refractivity contribution in [2.24, 2.45) is 11.8 Å². The van der Waals surface area contributed by atoms with Crippen LogP contribution in [0.1, 0.15) is 71.6 Å². The second-order valence-electron chi connectivity index (χ2n) is 6.71. The fraction of sp³-hybridized carbons (Fsp3) is 1.00. The number of rotatable bonds is 4. The molecule has 0 radical (unpaired) electrons. The van der Waals surface area contributed by atoms with E-state index < -0.39 is 5.60 Å². The molecule has 0 bridgehead atoms. The Morgan fingerprint density at radius 2 is 1.72 bits per heavy atom. The molecule has 2 rings (SSSR count). The van der Waals surface area contributed by atoms with Gasteiger partial charge in [0.1, 0.15) is 0 Å². The molecular weight excluding hydrogens is 224 g/mol. The van der Waals surface area contributed by atoms with E-state index in [0.29, 0.717) is 12.5 Å². The van der Waals surface area contributed by atoms with Crippen LogP contribution in [0.4, 0.5) is 0 Å². The summed E-state index contributed by atoms with van der Waals surface area (Å²) in [5.41, 5.74) is -0.537. The van der Waals surface area contributed by atoms with Crippen molar-refractivity contribution in [2.75, 3.05) is 6.61 Å². The summed E-state index contributed by atoms with van der Waals surface area (Å²) in [5, 5.41) is 11.0. The highest BCUT2D eigenvalue weighted by Crippen LogP contribution is 2.44. The lowest BCUT2D eigenvalue weighted by Crippen LogP contribution is -2.48. The lowest BCUT2D eigenvalue weighted by atomic mass is 9.66. The van der Waals surface area contributed by atoms with Gasteiger partial charge < -0.3 is 9.84 Å². The minimum atomic E-state index is -0.537. The van der Waals surface area contributed by atoms with Crippen molar-refractivity contribution in [1.29, 1.82) is 0 Å². The molecule has 2 aliphatic rings. The van der Waals surface area contributed by atoms with Gasteiger partial charge in [0, 0.05) is 0 Å². The van der Waals surface area contributed by atoms with Crippen LogP contribution in [0.15, 0.2) is 0 Å². The van der Waals surface area contributed by atoms with Gasteiger partial charge in [0.05, 0.1) is 18.3 Å². The molecule has 2 fully saturated rings. The van der Waals surface area contributed by atoms with E-state index in [2.05, 4.69) is 13.8 Å². The average molecular weight is 254 g/mol. The van der Waals surface area contributed by atoms with E-state index in [-0.39, 0.29) is 6.10 Å². The summed E-state index contributed by atoms with van der Waals surface area (Å²) in [6, 6.07) is 0. The van der Waals surface area contributed by atoms with Crippen LogP contribution in [0.3, 0.4) is 0 Å². The topological polar surface area (TPSA) is 29.5 Å². The molecule has 106 valence electrons. The maximum Gasteiger partial charge on any atom is 0.0910 e. The molecule has 0 aromatic rings. The van der Waals surface area contributed by atoms with E-state index in [1.54, 1.807) is 0 Å². The van der Waals surface area contributed by atoms with E-state index in [1.807, 2.05) is 0 Å². The molecule has 2 nitrogen and oxygen atoms in total. The molecule has 0 aromatic heterocycles. The Balaban J connectivity index is 1.99. The van der Waals surface area contributed by atoms with Crippen LogP contribution in [0.25, 0.3) is 0 Å². The summed E-state index contributed by atoms with van der Waals surface area (Å²) in [4.78, 5) is 0. The van der Waals surface area contributed by atoms with E-state index in [0.717, 1.165) is 12.3 Å². The zero-order chi connectivity index (χ0) is 13.0. The number of hydrogen-bond donors (Lipinski definition) is 1. The highest BCUT2D eigenvalue weighted by molar-refractivity contribution is 4.94. The van der Waals surface area contributed by atoms with E-state index in [1.165, 1.54) is 51.4 Å². The van der Waals surface area contributed by atoms with Crippen LogP contribution in [0, 0.1) is 11.8 Å². The molecule has 0 spiro atoms. The van der Waals surface area contributed by atoms with Gasteiger partial charge in [-0.3, -0.25) is 0 Å². The molecule has 0 aliphatic heterocycles. The highest BCUT2D eigenvalue weighted by Gasteiger charge is 2.43. The number of ether oxygens (including phenoxy) is 1. The third-order valence-electron chi connectivity index (χ3n) is 4.95. The molecule has 0 aromatic carbocycles. The first-order valence-corrected chi connectivity index (χ1v) is 7.96. The third kappa shape index (κ3) is 3.48. The fourth-order valence-electron chi connectivity index (χ4n) is 3.95.